The molecule has 32 heavy (non-hydrogen) atoms. The van der Waals surface area contributed by atoms with E-state index in [0.29, 0.717) is 38.8 Å². The van der Waals surface area contributed by atoms with Crippen LogP contribution in [0.15, 0.2) is 4.99 Å². The Labute approximate surface area is 186 Å². The molecule has 1 heterocycles. The van der Waals surface area contributed by atoms with Gasteiger partial charge in [-0.1, -0.05) is 13.8 Å². The van der Waals surface area contributed by atoms with E-state index < -0.39 is 60.1 Å². The first-order valence-corrected chi connectivity index (χ1v) is 10.4. The van der Waals surface area contributed by atoms with Gasteiger partial charge in [0.15, 0.2) is 5.96 Å². The molecular weight excluding hydrogens is 422 g/mol. The number of carbonyl (C=O) groups excluding carboxylic acids is 4. The highest BCUT2D eigenvalue weighted by Gasteiger charge is 2.38. The Morgan fingerprint density at radius 3 is 2.38 bits per heavy atom. The van der Waals surface area contributed by atoms with E-state index in [-0.39, 0.29) is 5.96 Å². The first-order chi connectivity index (χ1) is 14.9. The lowest BCUT2D eigenvalue weighted by molar-refractivity contribution is -0.144. The zero-order valence-electron chi connectivity index (χ0n) is 18.4. The Morgan fingerprint density at radius 2 is 1.81 bits per heavy atom. The van der Waals surface area contributed by atoms with Gasteiger partial charge >= 0.3 is 5.97 Å². The molecule has 180 valence electrons. The van der Waals surface area contributed by atoms with Crippen LogP contribution in [-0.4, -0.2) is 76.8 Å². The zero-order valence-corrected chi connectivity index (χ0v) is 18.4. The molecule has 1 fully saturated rings. The van der Waals surface area contributed by atoms with E-state index in [0.717, 1.165) is 0 Å². The number of hydrogen-bond donors (Lipinski definition) is 6. The van der Waals surface area contributed by atoms with Gasteiger partial charge in [0, 0.05) is 19.0 Å². The fourth-order valence-corrected chi connectivity index (χ4v) is 3.16. The van der Waals surface area contributed by atoms with Crippen molar-refractivity contribution in [2.24, 2.45) is 28.1 Å². The van der Waals surface area contributed by atoms with Gasteiger partial charge in [-0.15, -0.1) is 0 Å². The maximum atomic E-state index is 12.8. The number of imide groups is 1. The molecule has 4 amide bonds. The van der Waals surface area contributed by atoms with Crippen molar-refractivity contribution in [3.05, 3.63) is 0 Å². The van der Waals surface area contributed by atoms with Crippen LogP contribution in [0.1, 0.15) is 46.0 Å². The molecule has 0 aliphatic carbocycles. The molecule has 0 bridgehead atoms. The van der Waals surface area contributed by atoms with Crippen molar-refractivity contribution in [1.29, 1.82) is 0 Å². The van der Waals surface area contributed by atoms with E-state index in [1.54, 1.807) is 13.8 Å². The molecule has 1 aliphatic heterocycles. The Bertz CT molecular complexity index is 750. The van der Waals surface area contributed by atoms with Gasteiger partial charge < -0.3 is 32.5 Å². The third kappa shape index (κ3) is 8.49. The molecule has 0 unspecified atom stereocenters. The molecule has 1 rings (SSSR count). The monoisotopic (exact) mass is 455 g/mol. The molecule has 0 aromatic heterocycles. The van der Waals surface area contributed by atoms with E-state index in [1.807, 2.05) is 0 Å². The maximum absolute atomic E-state index is 12.8. The highest BCUT2D eigenvalue weighted by Crippen LogP contribution is 2.19. The molecular formula is C19H33N7O6. The number of carboxylic acid groups (broad SMARTS) is 1. The Morgan fingerprint density at radius 1 is 1.16 bits per heavy atom. The van der Waals surface area contributed by atoms with E-state index in [1.165, 1.54) is 4.90 Å². The number of carbonyl (C=O) groups is 5. The molecule has 9 N–H and O–H groups in total. The third-order valence-corrected chi connectivity index (χ3v) is 4.91. The molecule has 0 radical (unpaired) electrons. The molecule has 0 spiro atoms. The number of carboxylic acids is 1. The summed E-state index contributed by atoms with van der Waals surface area (Å²) in [6.07, 6.45) is 0.951. The SMILES string of the molecule is CC(C)C(=O)NC(=O)[C@H](CC(=O)O)NC(=O)[C@@H]1CCCN1C(=O)[C@@H](N)CCCN=C(N)N. The van der Waals surface area contributed by atoms with Gasteiger partial charge in [0.05, 0.1) is 12.5 Å². The number of nitrogens with two attached hydrogens (primary N) is 3. The average Bonchev–Trinajstić information content (AvgIpc) is 3.19. The first kappa shape index (κ1) is 26.8. The largest absolute Gasteiger partial charge is 0.481 e. The van der Waals surface area contributed by atoms with Crippen LogP contribution in [0.4, 0.5) is 0 Å². The van der Waals surface area contributed by atoms with E-state index in [9.17, 15) is 24.0 Å². The summed E-state index contributed by atoms with van der Waals surface area (Å²) < 4.78 is 0. The van der Waals surface area contributed by atoms with E-state index >= 15 is 0 Å². The minimum absolute atomic E-state index is 0.0591. The number of hydrogen-bond acceptors (Lipinski definition) is 7. The minimum atomic E-state index is -1.46. The quantitative estimate of drug-likeness (QED) is 0.111. The van der Waals surface area contributed by atoms with Gasteiger partial charge in [0.1, 0.15) is 12.1 Å². The maximum Gasteiger partial charge on any atom is 0.305 e. The van der Waals surface area contributed by atoms with Crippen LogP contribution in [0, 0.1) is 5.92 Å². The molecule has 0 saturated carbocycles. The van der Waals surface area contributed by atoms with Crippen molar-refractivity contribution in [3.8, 4) is 0 Å². The average molecular weight is 456 g/mol. The van der Waals surface area contributed by atoms with Gasteiger partial charge in [-0.25, -0.2) is 0 Å². The lowest BCUT2D eigenvalue weighted by Gasteiger charge is -2.28. The van der Waals surface area contributed by atoms with Gasteiger partial charge in [-0.2, -0.15) is 0 Å². The number of aliphatic carboxylic acids is 1. The minimum Gasteiger partial charge on any atom is -0.481 e. The standard InChI is InChI=1S/C19H33N7O6/c1-10(2)15(29)25-16(30)12(9-14(27)28)24-17(31)13-6-4-8-26(13)18(32)11(20)5-3-7-23-19(21)22/h10-13H,3-9,20H2,1-2H3,(H,24,31)(H,27,28)(H4,21,22,23)(H,25,29,30)/t11-,12-,13-/m0/s1. The normalized spacial score (nSPS) is 17.4. The number of aliphatic imine (C=N–C) groups is 1. The fraction of sp³-hybridized carbons (Fsp3) is 0.684. The summed E-state index contributed by atoms with van der Waals surface area (Å²) in [6.45, 7) is 3.75. The van der Waals surface area contributed by atoms with Crippen LogP contribution in [0.3, 0.4) is 0 Å². The van der Waals surface area contributed by atoms with Crippen LogP contribution in [-0.2, 0) is 24.0 Å². The lowest BCUT2D eigenvalue weighted by atomic mass is 10.1. The number of nitrogens with zero attached hydrogens (tertiary/aromatic N) is 2. The first-order valence-electron chi connectivity index (χ1n) is 10.4. The van der Waals surface area contributed by atoms with E-state index in [4.69, 9.17) is 22.3 Å². The third-order valence-electron chi connectivity index (χ3n) is 4.91. The van der Waals surface area contributed by atoms with Crippen LogP contribution >= 0.6 is 0 Å². The molecule has 13 nitrogen and oxygen atoms in total. The number of nitrogens with one attached hydrogen (secondary N) is 2. The summed E-state index contributed by atoms with van der Waals surface area (Å²) >= 11 is 0. The van der Waals surface area contributed by atoms with Gasteiger partial charge in [-0.3, -0.25) is 34.3 Å². The van der Waals surface area contributed by atoms with Crippen molar-refractivity contribution >= 4 is 35.6 Å². The number of amides is 4. The van der Waals surface area contributed by atoms with Gasteiger partial charge in [0.2, 0.25) is 23.6 Å². The Balaban J connectivity index is 2.79. The smallest absolute Gasteiger partial charge is 0.305 e. The van der Waals surface area contributed by atoms with Crippen molar-refractivity contribution < 1.29 is 29.1 Å². The van der Waals surface area contributed by atoms with E-state index in [2.05, 4.69) is 15.6 Å². The second kappa shape index (κ2) is 12.6. The Kier molecular flexibility index (Phi) is 10.5. The van der Waals surface area contributed by atoms with Crippen LogP contribution < -0.4 is 27.8 Å². The highest BCUT2D eigenvalue weighted by molar-refractivity contribution is 6.01. The predicted molar refractivity (Wildman–Crippen MR) is 115 cm³/mol. The summed E-state index contributed by atoms with van der Waals surface area (Å²) in [5.74, 6) is -4.52. The van der Waals surface area contributed by atoms with Crippen LogP contribution in [0.2, 0.25) is 0 Å². The number of guanidine groups is 1. The second-order valence-electron chi connectivity index (χ2n) is 7.91. The summed E-state index contributed by atoms with van der Waals surface area (Å²) in [7, 11) is 0. The molecule has 0 aromatic carbocycles. The van der Waals surface area contributed by atoms with Crippen molar-refractivity contribution in [2.75, 3.05) is 13.1 Å². The van der Waals surface area contributed by atoms with Crippen molar-refractivity contribution in [1.82, 2.24) is 15.5 Å². The topological polar surface area (TPSA) is 223 Å². The summed E-state index contributed by atoms with van der Waals surface area (Å²) in [5, 5.41) is 13.5. The van der Waals surface area contributed by atoms with Crippen LogP contribution in [0.25, 0.3) is 0 Å². The van der Waals surface area contributed by atoms with Crippen LogP contribution in [0.5, 0.6) is 0 Å². The molecule has 13 heteroatoms. The lowest BCUT2D eigenvalue weighted by Crippen LogP contribution is -2.56. The predicted octanol–water partition coefficient (Wildman–Crippen LogP) is -2.38. The second-order valence-corrected chi connectivity index (χ2v) is 7.91. The van der Waals surface area contributed by atoms with Gasteiger partial charge in [-0.05, 0) is 25.7 Å². The summed E-state index contributed by atoms with van der Waals surface area (Å²) in [6, 6.07) is -3.22. The van der Waals surface area contributed by atoms with Gasteiger partial charge in [0.25, 0.3) is 0 Å². The molecule has 1 saturated heterocycles. The van der Waals surface area contributed by atoms with Crippen molar-refractivity contribution in [3.63, 3.8) is 0 Å². The number of likely N-dealkylation sites (tertiary alicyclic amines) is 1. The highest BCUT2D eigenvalue weighted by atomic mass is 16.4. The molecule has 0 aromatic rings. The molecule has 3 atom stereocenters. The van der Waals surface area contributed by atoms with Crippen molar-refractivity contribution in [2.45, 2.75) is 64.1 Å². The summed E-state index contributed by atoms with van der Waals surface area (Å²) in [4.78, 5) is 65.9. The zero-order chi connectivity index (χ0) is 24.4. The molecule has 1 aliphatic rings. The Hall–Kier alpha value is -3.22. The fourth-order valence-electron chi connectivity index (χ4n) is 3.16. The summed E-state index contributed by atoms with van der Waals surface area (Å²) in [5.41, 5.74) is 16.5. The number of rotatable bonds is 11.